The molecule has 0 aromatic heterocycles. The van der Waals surface area contributed by atoms with Crippen LogP contribution in [-0.4, -0.2) is 19.1 Å². The monoisotopic (exact) mass is 277 g/mol. The number of ether oxygens (including phenoxy) is 1. The Hall–Kier alpha value is -1.51. The molecule has 112 valence electrons. The van der Waals surface area contributed by atoms with Gasteiger partial charge in [-0.1, -0.05) is 31.9 Å². The largest absolute Gasteiger partial charge is 0.466 e. The Morgan fingerprint density at radius 2 is 1.85 bits per heavy atom. The van der Waals surface area contributed by atoms with Crippen LogP contribution in [0, 0.1) is 0 Å². The number of carbonyl (C=O) groups is 1. The van der Waals surface area contributed by atoms with E-state index in [1.54, 1.807) is 0 Å². The number of carbonyl (C=O) groups excluding carboxylic acids is 1. The van der Waals surface area contributed by atoms with E-state index in [2.05, 4.69) is 36.5 Å². The normalized spacial score (nSPS) is 10.3. The molecule has 0 aliphatic rings. The molecule has 0 spiro atoms. The second kappa shape index (κ2) is 10.3. The van der Waals surface area contributed by atoms with Crippen molar-refractivity contribution in [2.45, 2.75) is 52.4 Å². The number of hydrogen-bond acceptors (Lipinski definition) is 3. The molecule has 0 heterocycles. The molecule has 0 radical (unpaired) electrons. The van der Waals surface area contributed by atoms with Gasteiger partial charge in [0.25, 0.3) is 0 Å². The molecule has 0 unspecified atom stereocenters. The van der Waals surface area contributed by atoms with Crippen LogP contribution in [0.5, 0.6) is 0 Å². The maximum absolute atomic E-state index is 11.1. The summed E-state index contributed by atoms with van der Waals surface area (Å²) in [6, 6.07) is 8.66. The molecule has 0 fully saturated rings. The summed E-state index contributed by atoms with van der Waals surface area (Å²) in [6.45, 7) is 5.47. The molecule has 0 saturated carbocycles. The summed E-state index contributed by atoms with van der Waals surface area (Å²) in [4.78, 5) is 11.1. The summed E-state index contributed by atoms with van der Waals surface area (Å²) in [6.07, 6.45) is 5.92. The number of unbranched alkanes of at least 4 members (excludes halogenated alkanes) is 2. The second-order valence-electron chi connectivity index (χ2n) is 4.99. The Morgan fingerprint density at radius 3 is 2.50 bits per heavy atom. The van der Waals surface area contributed by atoms with Gasteiger partial charge < -0.3 is 10.1 Å². The van der Waals surface area contributed by atoms with Gasteiger partial charge in [-0.3, -0.25) is 4.79 Å². The lowest BCUT2D eigenvalue weighted by Crippen LogP contribution is -2.05. The van der Waals surface area contributed by atoms with E-state index < -0.39 is 0 Å². The Bertz CT molecular complexity index is 373. The quantitative estimate of drug-likeness (QED) is 0.515. The molecule has 0 atom stereocenters. The molecule has 1 rings (SSSR count). The van der Waals surface area contributed by atoms with Gasteiger partial charge in [0.1, 0.15) is 0 Å². The minimum Gasteiger partial charge on any atom is -0.466 e. The highest BCUT2D eigenvalue weighted by molar-refractivity contribution is 5.69. The summed E-state index contributed by atoms with van der Waals surface area (Å²) in [5.74, 6) is -0.0769. The number of nitrogens with one attached hydrogen (secondary N) is 1. The van der Waals surface area contributed by atoms with E-state index >= 15 is 0 Å². The third-order valence-corrected chi connectivity index (χ3v) is 3.18. The first-order valence-corrected chi connectivity index (χ1v) is 7.74. The van der Waals surface area contributed by atoms with Crippen molar-refractivity contribution in [3.8, 4) is 0 Å². The Morgan fingerprint density at radius 1 is 1.10 bits per heavy atom. The molecule has 1 aromatic rings. The number of esters is 1. The average Bonchev–Trinajstić information content (AvgIpc) is 2.45. The molecule has 0 amide bonds. The van der Waals surface area contributed by atoms with E-state index in [9.17, 15) is 4.79 Å². The molecule has 3 nitrogen and oxygen atoms in total. The Balaban J connectivity index is 2.07. The molecule has 0 bridgehead atoms. The summed E-state index contributed by atoms with van der Waals surface area (Å²) >= 11 is 0. The number of anilines is 1. The molecule has 1 N–H and O–H groups in total. The average molecular weight is 277 g/mol. The van der Waals surface area contributed by atoms with Crippen molar-refractivity contribution >= 4 is 11.7 Å². The summed E-state index contributed by atoms with van der Waals surface area (Å²) in [7, 11) is 0. The first kappa shape index (κ1) is 16.5. The molecule has 20 heavy (non-hydrogen) atoms. The van der Waals surface area contributed by atoms with Crippen LogP contribution in [0.4, 0.5) is 5.69 Å². The fourth-order valence-electron chi connectivity index (χ4n) is 2.11. The number of rotatable bonds is 10. The third kappa shape index (κ3) is 7.17. The van der Waals surface area contributed by atoms with Gasteiger partial charge in [-0.15, -0.1) is 0 Å². The van der Waals surface area contributed by atoms with E-state index in [1.165, 1.54) is 17.7 Å². The highest BCUT2D eigenvalue weighted by Crippen LogP contribution is 2.11. The fourth-order valence-corrected chi connectivity index (χ4v) is 2.11. The van der Waals surface area contributed by atoms with Gasteiger partial charge in [0.15, 0.2) is 0 Å². The zero-order chi connectivity index (χ0) is 14.6. The minimum atomic E-state index is -0.0769. The lowest BCUT2D eigenvalue weighted by Gasteiger charge is -2.07. The standard InChI is InChI=1S/C17H27NO2/c1-3-8-15-10-12-16(13-11-15)18-14-7-5-6-9-17(19)20-4-2/h10-13,18H,3-9,14H2,1-2H3. The SMILES string of the molecule is CCCc1ccc(NCCCCCC(=O)OCC)cc1. The lowest BCUT2D eigenvalue weighted by atomic mass is 10.1. The van der Waals surface area contributed by atoms with Crippen molar-refractivity contribution < 1.29 is 9.53 Å². The molecule has 0 aliphatic heterocycles. The lowest BCUT2D eigenvalue weighted by molar-refractivity contribution is -0.143. The topological polar surface area (TPSA) is 38.3 Å². The maximum Gasteiger partial charge on any atom is 0.305 e. The summed E-state index contributed by atoms with van der Waals surface area (Å²) in [5.41, 5.74) is 2.57. The Labute approximate surface area is 122 Å². The van der Waals surface area contributed by atoms with Gasteiger partial charge in [-0.2, -0.15) is 0 Å². The highest BCUT2D eigenvalue weighted by atomic mass is 16.5. The van der Waals surface area contributed by atoms with Gasteiger partial charge >= 0.3 is 5.97 Å². The second-order valence-corrected chi connectivity index (χ2v) is 4.99. The molecule has 3 heteroatoms. The zero-order valence-corrected chi connectivity index (χ0v) is 12.8. The molecule has 0 aliphatic carbocycles. The van der Waals surface area contributed by atoms with E-state index in [0.717, 1.165) is 32.2 Å². The number of aryl methyl sites for hydroxylation is 1. The van der Waals surface area contributed by atoms with Crippen LogP contribution >= 0.6 is 0 Å². The van der Waals surface area contributed by atoms with Gasteiger partial charge in [-0.05, 0) is 43.9 Å². The van der Waals surface area contributed by atoms with E-state index in [1.807, 2.05) is 6.92 Å². The predicted octanol–water partition coefficient (Wildman–Crippen LogP) is 4.17. The molecular weight excluding hydrogens is 250 g/mol. The molecular formula is C17H27NO2. The van der Waals surface area contributed by atoms with E-state index in [0.29, 0.717) is 13.0 Å². The molecule has 1 aromatic carbocycles. The van der Waals surface area contributed by atoms with Gasteiger partial charge in [0, 0.05) is 18.7 Å². The van der Waals surface area contributed by atoms with Crippen LogP contribution in [0.15, 0.2) is 24.3 Å². The van der Waals surface area contributed by atoms with Gasteiger partial charge in [0.05, 0.1) is 6.61 Å². The van der Waals surface area contributed by atoms with Crippen molar-refractivity contribution in [1.29, 1.82) is 0 Å². The first-order chi connectivity index (χ1) is 9.76. The van der Waals surface area contributed by atoms with Crippen LogP contribution in [0.2, 0.25) is 0 Å². The first-order valence-electron chi connectivity index (χ1n) is 7.74. The number of hydrogen-bond donors (Lipinski definition) is 1. The van der Waals surface area contributed by atoms with Crippen LogP contribution in [0.3, 0.4) is 0 Å². The summed E-state index contributed by atoms with van der Waals surface area (Å²) < 4.78 is 4.89. The fraction of sp³-hybridized carbons (Fsp3) is 0.588. The van der Waals surface area contributed by atoms with Crippen molar-refractivity contribution in [2.75, 3.05) is 18.5 Å². The van der Waals surface area contributed by atoms with Crippen molar-refractivity contribution in [2.24, 2.45) is 0 Å². The zero-order valence-electron chi connectivity index (χ0n) is 12.8. The van der Waals surface area contributed by atoms with Crippen LogP contribution in [-0.2, 0) is 16.0 Å². The highest BCUT2D eigenvalue weighted by Gasteiger charge is 2.00. The van der Waals surface area contributed by atoms with Crippen molar-refractivity contribution in [3.05, 3.63) is 29.8 Å². The van der Waals surface area contributed by atoms with Gasteiger partial charge in [0.2, 0.25) is 0 Å². The van der Waals surface area contributed by atoms with Crippen molar-refractivity contribution in [3.63, 3.8) is 0 Å². The van der Waals surface area contributed by atoms with Crippen LogP contribution < -0.4 is 5.32 Å². The minimum absolute atomic E-state index is 0.0769. The smallest absolute Gasteiger partial charge is 0.305 e. The third-order valence-electron chi connectivity index (χ3n) is 3.18. The van der Waals surface area contributed by atoms with E-state index in [4.69, 9.17) is 4.74 Å². The van der Waals surface area contributed by atoms with Gasteiger partial charge in [-0.25, -0.2) is 0 Å². The molecule has 0 saturated heterocycles. The number of benzene rings is 1. The van der Waals surface area contributed by atoms with Crippen LogP contribution in [0.25, 0.3) is 0 Å². The predicted molar refractivity (Wildman–Crippen MR) is 84.0 cm³/mol. The van der Waals surface area contributed by atoms with Crippen molar-refractivity contribution in [1.82, 2.24) is 0 Å². The van der Waals surface area contributed by atoms with Crippen LogP contribution in [0.1, 0.15) is 51.5 Å². The maximum atomic E-state index is 11.1. The summed E-state index contributed by atoms with van der Waals surface area (Å²) in [5, 5.41) is 3.41. The Kier molecular flexibility index (Phi) is 8.52. The van der Waals surface area contributed by atoms with E-state index in [-0.39, 0.29) is 5.97 Å².